The summed E-state index contributed by atoms with van der Waals surface area (Å²) in [7, 11) is 0. The number of nitrogens with one attached hydrogen (secondary N) is 1. The minimum Gasteiger partial charge on any atom is -0.378 e. The number of carbonyl (C=O) groups is 1. The fourth-order valence-corrected chi connectivity index (χ4v) is 3.60. The fourth-order valence-electron chi connectivity index (χ4n) is 2.70. The summed E-state index contributed by atoms with van der Waals surface area (Å²) in [4.78, 5) is 15.4. The smallest absolute Gasteiger partial charge is 0.224 e. The maximum Gasteiger partial charge on any atom is 0.224 e. The highest BCUT2D eigenvalue weighted by Gasteiger charge is 2.32. The molecule has 2 heterocycles. The lowest BCUT2D eigenvalue weighted by Crippen LogP contribution is -2.41. The lowest BCUT2D eigenvalue weighted by Gasteiger charge is -2.27. The van der Waals surface area contributed by atoms with Gasteiger partial charge in [0, 0.05) is 37.0 Å². The first-order valence-corrected chi connectivity index (χ1v) is 8.35. The van der Waals surface area contributed by atoms with Gasteiger partial charge in [-0.25, -0.2) is 0 Å². The first-order chi connectivity index (χ1) is 9.84. The van der Waals surface area contributed by atoms with E-state index < -0.39 is 0 Å². The van der Waals surface area contributed by atoms with Gasteiger partial charge >= 0.3 is 0 Å². The van der Waals surface area contributed by atoms with Crippen molar-refractivity contribution >= 4 is 17.2 Å². The summed E-state index contributed by atoms with van der Waals surface area (Å²) < 4.78 is 5.27. The van der Waals surface area contributed by atoms with Gasteiger partial charge in [-0.2, -0.15) is 0 Å². The largest absolute Gasteiger partial charge is 0.378 e. The van der Waals surface area contributed by atoms with E-state index >= 15 is 0 Å². The van der Waals surface area contributed by atoms with E-state index in [1.807, 2.05) is 16.2 Å². The average molecular weight is 294 g/mol. The van der Waals surface area contributed by atoms with Crippen LogP contribution in [0.2, 0.25) is 0 Å². The Bertz CT molecular complexity index is 425. The Hall–Kier alpha value is -0.910. The summed E-state index contributed by atoms with van der Waals surface area (Å²) in [5.74, 6) is 1.02. The maximum atomic E-state index is 12.1. The predicted octanol–water partition coefficient (Wildman–Crippen LogP) is 2.04. The molecule has 1 aliphatic heterocycles. The van der Waals surface area contributed by atoms with Gasteiger partial charge in [0.25, 0.3) is 0 Å². The normalized spacial score (nSPS) is 20.9. The molecule has 1 saturated carbocycles. The van der Waals surface area contributed by atoms with Crippen LogP contribution >= 0.6 is 11.3 Å². The molecule has 4 nitrogen and oxygen atoms in total. The standard InChI is InChI=1S/C15H22N2O2S/c18-14(17-7-9-19-10-8-17)5-6-16-15(12-3-4-12)13-2-1-11-20-13/h1-2,11-12,15-16H,3-10H2. The molecule has 2 aliphatic rings. The molecule has 0 radical (unpaired) electrons. The molecule has 1 aliphatic carbocycles. The number of morpholine rings is 1. The molecular formula is C15H22N2O2S. The summed E-state index contributed by atoms with van der Waals surface area (Å²) >= 11 is 1.81. The SMILES string of the molecule is O=C(CCNC(c1cccs1)C1CC1)N1CCOCC1. The van der Waals surface area contributed by atoms with Crippen LogP contribution in [0, 0.1) is 5.92 Å². The number of hydrogen-bond acceptors (Lipinski definition) is 4. The second-order valence-corrected chi connectivity index (χ2v) is 6.51. The topological polar surface area (TPSA) is 41.6 Å². The molecule has 1 unspecified atom stereocenters. The van der Waals surface area contributed by atoms with Gasteiger partial charge in [-0.1, -0.05) is 6.07 Å². The first kappa shape index (κ1) is 14.0. The number of rotatable bonds is 6. The van der Waals surface area contributed by atoms with Gasteiger partial charge in [0.05, 0.1) is 13.2 Å². The summed E-state index contributed by atoms with van der Waals surface area (Å²) in [5.41, 5.74) is 0. The summed E-state index contributed by atoms with van der Waals surface area (Å²) in [6, 6.07) is 4.76. The maximum absolute atomic E-state index is 12.1. The fraction of sp³-hybridized carbons (Fsp3) is 0.667. The van der Waals surface area contributed by atoms with Crippen LogP contribution < -0.4 is 5.32 Å². The molecule has 1 amide bonds. The molecule has 3 rings (SSSR count). The minimum atomic E-state index is 0.251. The average Bonchev–Trinajstić information content (AvgIpc) is 3.18. The van der Waals surface area contributed by atoms with Crippen molar-refractivity contribution in [2.75, 3.05) is 32.8 Å². The second-order valence-electron chi connectivity index (χ2n) is 5.53. The van der Waals surface area contributed by atoms with E-state index in [0.717, 1.165) is 25.6 Å². The van der Waals surface area contributed by atoms with Gasteiger partial charge < -0.3 is 15.0 Å². The van der Waals surface area contributed by atoms with Crippen LogP contribution in [0.4, 0.5) is 0 Å². The Morgan fingerprint density at radius 2 is 2.25 bits per heavy atom. The van der Waals surface area contributed by atoms with Gasteiger partial charge in [0.2, 0.25) is 5.91 Å². The Morgan fingerprint density at radius 1 is 1.45 bits per heavy atom. The third-order valence-corrected chi connectivity index (χ3v) is 4.97. The first-order valence-electron chi connectivity index (χ1n) is 7.47. The van der Waals surface area contributed by atoms with Crippen LogP contribution in [0.1, 0.15) is 30.2 Å². The van der Waals surface area contributed by atoms with Crippen LogP contribution in [0.15, 0.2) is 17.5 Å². The van der Waals surface area contributed by atoms with E-state index in [9.17, 15) is 4.79 Å². The lowest BCUT2D eigenvalue weighted by molar-refractivity contribution is -0.135. The molecule has 0 spiro atoms. The monoisotopic (exact) mass is 294 g/mol. The zero-order chi connectivity index (χ0) is 13.8. The molecule has 0 bridgehead atoms. The van der Waals surface area contributed by atoms with Crippen molar-refractivity contribution in [3.05, 3.63) is 22.4 Å². The molecule has 1 saturated heterocycles. The van der Waals surface area contributed by atoms with Crippen molar-refractivity contribution in [2.45, 2.75) is 25.3 Å². The van der Waals surface area contributed by atoms with Gasteiger partial charge in [-0.15, -0.1) is 11.3 Å². The van der Waals surface area contributed by atoms with Crippen molar-refractivity contribution < 1.29 is 9.53 Å². The van der Waals surface area contributed by atoms with Crippen LogP contribution in [0.25, 0.3) is 0 Å². The summed E-state index contributed by atoms with van der Waals surface area (Å²) in [6.45, 7) is 3.62. The molecular weight excluding hydrogens is 272 g/mol. The van der Waals surface area contributed by atoms with E-state index in [0.29, 0.717) is 25.7 Å². The van der Waals surface area contributed by atoms with Crippen molar-refractivity contribution in [1.82, 2.24) is 10.2 Å². The number of thiophene rings is 1. The number of nitrogens with zero attached hydrogens (tertiary/aromatic N) is 1. The summed E-state index contributed by atoms with van der Waals surface area (Å²) in [6.07, 6.45) is 3.22. The number of carbonyl (C=O) groups excluding carboxylic acids is 1. The Labute approximate surface area is 124 Å². The molecule has 5 heteroatoms. The van der Waals surface area contributed by atoms with Crippen molar-refractivity contribution in [1.29, 1.82) is 0 Å². The highest BCUT2D eigenvalue weighted by atomic mass is 32.1. The van der Waals surface area contributed by atoms with E-state index in [1.165, 1.54) is 17.7 Å². The molecule has 1 N–H and O–H groups in total. The Morgan fingerprint density at radius 3 is 2.90 bits per heavy atom. The van der Waals surface area contributed by atoms with Crippen LogP contribution in [0.3, 0.4) is 0 Å². The molecule has 1 aromatic heterocycles. The van der Waals surface area contributed by atoms with E-state index in [2.05, 4.69) is 22.8 Å². The molecule has 1 aromatic rings. The molecule has 110 valence electrons. The van der Waals surface area contributed by atoms with E-state index in [4.69, 9.17) is 4.74 Å². The van der Waals surface area contributed by atoms with Gasteiger partial charge in [-0.05, 0) is 30.2 Å². The van der Waals surface area contributed by atoms with Crippen molar-refractivity contribution in [3.63, 3.8) is 0 Å². The highest BCUT2D eigenvalue weighted by Crippen LogP contribution is 2.42. The van der Waals surface area contributed by atoms with Crippen LogP contribution in [-0.4, -0.2) is 43.7 Å². The third kappa shape index (κ3) is 3.59. The zero-order valence-corrected chi connectivity index (χ0v) is 12.5. The Kier molecular flexibility index (Phi) is 4.70. The van der Waals surface area contributed by atoms with E-state index in [1.54, 1.807) is 0 Å². The molecule has 2 fully saturated rings. The van der Waals surface area contributed by atoms with Gasteiger partial charge in [0.1, 0.15) is 0 Å². The van der Waals surface area contributed by atoms with Crippen LogP contribution in [-0.2, 0) is 9.53 Å². The lowest BCUT2D eigenvalue weighted by atomic mass is 10.1. The number of ether oxygens (including phenoxy) is 1. The highest BCUT2D eigenvalue weighted by molar-refractivity contribution is 7.10. The van der Waals surface area contributed by atoms with Gasteiger partial charge in [-0.3, -0.25) is 4.79 Å². The molecule has 1 atom stereocenters. The van der Waals surface area contributed by atoms with Crippen molar-refractivity contribution in [3.8, 4) is 0 Å². The zero-order valence-electron chi connectivity index (χ0n) is 11.7. The molecule has 0 aromatic carbocycles. The second kappa shape index (κ2) is 6.70. The van der Waals surface area contributed by atoms with Gasteiger partial charge in [0.15, 0.2) is 0 Å². The van der Waals surface area contributed by atoms with Crippen molar-refractivity contribution in [2.24, 2.45) is 5.92 Å². The third-order valence-electron chi connectivity index (χ3n) is 4.01. The van der Waals surface area contributed by atoms with E-state index in [-0.39, 0.29) is 5.91 Å². The summed E-state index contributed by atoms with van der Waals surface area (Å²) in [5, 5.41) is 5.72. The Balaban J connectivity index is 1.45. The predicted molar refractivity (Wildman–Crippen MR) is 79.8 cm³/mol. The number of amides is 1. The quantitative estimate of drug-likeness (QED) is 0.873. The van der Waals surface area contributed by atoms with Crippen LogP contribution in [0.5, 0.6) is 0 Å². The molecule has 20 heavy (non-hydrogen) atoms. The minimum absolute atomic E-state index is 0.251. The number of hydrogen-bond donors (Lipinski definition) is 1.